The number of rotatable bonds is 6. The van der Waals surface area contributed by atoms with E-state index >= 15 is 0 Å². The third-order valence-corrected chi connectivity index (χ3v) is 8.95. The summed E-state index contributed by atoms with van der Waals surface area (Å²) in [5.41, 5.74) is -1.13. The van der Waals surface area contributed by atoms with Crippen LogP contribution in [0.3, 0.4) is 0 Å². The topological polar surface area (TPSA) is 125 Å². The largest absolute Gasteiger partial charge is 0.422 e. The zero-order valence-electron chi connectivity index (χ0n) is 23.6. The number of ketones is 1. The van der Waals surface area contributed by atoms with Crippen LogP contribution in [0.2, 0.25) is 0 Å². The number of Topliss-reactive ketones (excluding diaryl/α,β-unsaturated/α-hetero) is 1. The van der Waals surface area contributed by atoms with Gasteiger partial charge in [-0.05, 0) is 52.4 Å². The maximum absolute atomic E-state index is 13.0. The van der Waals surface area contributed by atoms with E-state index in [4.69, 9.17) is 24.4 Å². The number of carbonyl (C=O) groups is 3. The lowest BCUT2D eigenvalue weighted by molar-refractivity contribution is -0.173. The predicted octanol–water partition coefficient (Wildman–Crippen LogP) is 1.27. The zero-order valence-corrected chi connectivity index (χ0v) is 23.6. The number of carbonyl (C=O) groups excluding carboxylic acids is 3. The number of piperazine rings is 1. The smallest absolute Gasteiger partial charge is 0.412 e. The molecule has 40 heavy (non-hydrogen) atoms. The van der Waals surface area contributed by atoms with Crippen molar-refractivity contribution in [3.05, 3.63) is 0 Å². The molecule has 0 radical (unpaired) electrons. The molecule has 6 heterocycles. The van der Waals surface area contributed by atoms with Crippen LogP contribution in [0.25, 0.3) is 0 Å². The highest BCUT2D eigenvalue weighted by atomic mass is 16.7. The predicted molar refractivity (Wildman–Crippen MR) is 146 cm³/mol. The fraction of sp³-hybridized carbons (Fsp3) is 0.778. The Balaban J connectivity index is 1.04. The lowest BCUT2D eigenvalue weighted by atomic mass is 9.77. The first-order chi connectivity index (χ1) is 19.3. The first-order valence-electron chi connectivity index (χ1n) is 14.7. The molecular weight excluding hydrogens is 516 g/mol. The van der Waals surface area contributed by atoms with Crippen molar-refractivity contribution >= 4 is 35.6 Å². The van der Waals surface area contributed by atoms with Gasteiger partial charge in [0.05, 0.1) is 6.04 Å². The van der Waals surface area contributed by atoms with Crippen molar-refractivity contribution in [2.45, 2.75) is 64.5 Å². The second-order valence-corrected chi connectivity index (χ2v) is 11.9. The minimum absolute atomic E-state index is 0.145. The molecule has 5 saturated heterocycles. The maximum atomic E-state index is 13.0. The van der Waals surface area contributed by atoms with E-state index < -0.39 is 17.6 Å². The van der Waals surface area contributed by atoms with Gasteiger partial charge in [-0.3, -0.25) is 9.59 Å². The molecule has 1 aromatic rings. The molecule has 13 nitrogen and oxygen atoms in total. The fourth-order valence-electron chi connectivity index (χ4n) is 6.48. The van der Waals surface area contributed by atoms with Gasteiger partial charge in [0.2, 0.25) is 23.8 Å². The van der Waals surface area contributed by atoms with E-state index in [1.807, 2.05) is 0 Å². The van der Waals surface area contributed by atoms with Crippen LogP contribution in [0.1, 0.15) is 52.4 Å². The first kappa shape index (κ1) is 27.0. The van der Waals surface area contributed by atoms with E-state index in [1.54, 1.807) is 23.6 Å². The highest BCUT2D eigenvalue weighted by Crippen LogP contribution is 2.37. The molecule has 1 aromatic heterocycles. The minimum atomic E-state index is -1.13. The zero-order chi connectivity index (χ0) is 27.9. The molecule has 5 fully saturated rings. The highest BCUT2D eigenvalue weighted by Gasteiger charge is 2.54. The van der Waals surface area contributed by atoms with Crippen molar-refractivity contribution < 1.29 is 23.9 Å². The molecule has 6 rings (SSSR count). The molecule has 5 aliphatic rings. The summed E-state index contributed by atoms with van der Waals surface area (Å²) in [6, 6.07) is -0.286. The lowest BCUT2D eigenvalue weighted by Gasteiger charge is -2.42. The van der Waals surface area contributed by atoms with Gasteiger partial charge in [-0.2, -0.15) is 15.0 Å². The Kier molecular flexibility index (Phi) is 7.41. The van der Waals surface area contributed by atoms with Crippen molar-refractivity contribution in [2.75, 3.05) is 80.4 Å². The van der Waals surface area contributed by atoms with Crippen LogP contribution in [0, 0.1) is 5.41 Å². The second kappa shape index (κ2) is 11.0. The van der Waals surface area contributed by atoms with Gasteiger partial charge in [-0.25, -0.2) is 4.79 Å². The molecule has 0 aromatic carbocycles. The van der Waals surface area contributed by atoms with E-state index in [0.717, 1.165) is 70.2 Å². The van der Waals surface area contributed by atoms with Crippen LogP contribution in [-0.2, 0) is 19.1 Å². The van der Waals surface area contributed by atoms with E-state index in [2.05, 4.69) is 14.7 Å². The molecule has 0 saturated carbocycles. The van der Waals surface area contributed by atoms with Crippen LogP contribution >= 0.6 is 0 Å². The molecule has 13 heteroatoms. The molecule has 218 valence electrons. The SMILES string of the molecule is CC1(C)C(=O)C(OCOC(=O)N2CCN(c3nc(N4CCCC4)nc(N4CCCC4)n3)CC2)C2CCCN2C1=O. The summed E-state index contributed by atoms with van der Waals surface area (Å²) in [5, 5.41) is 0. The van der Waals surface area contributed by atoms with Crippen LogP contribution < -0.4 is 14.7 Å². The van der Waals surface area contributed by atoms with Gasteiger partial charge < -0.3 is 34.0 Å². The summed E-state index contributed by atoms with van der Waals surface area (Å²) in [4.78, 5) is 63.0. The van der Waals surface area contributed by atoms with Crippen molar-refractivity contribution in [3.8, 4) is 0 Å². The van der Waals surface area contributed by atoms with Gasteiger partial charge in [-0.1, -0.05) is 0 Å². The lowest BCUT2D eigenvalue weighted by Crippen LogP contribution is -2.62. The number of amides is 2. The third-order valence-electron chi connectivity index (χ3n) is 8.95. The Labute approximate surface area is 234 Å². The summed E-state index contributed by atoms with van der Waals surface area (Å²) >= 11 is 0. The van der Waals surface area contributed by atoms with Gasteiger partial charge in [0, 0.05) is 58.9 Å². The molecule has 2 atom stereocenters. The van der Waals surface area contributed by atoms with Crippen molar-refractivity contribution in [1.29, 1.82) is 0 Å². The second-order valence-electron chi connectivity index (χ2n) is 11.9. The number of hydrogen-bond donors (Lipinski definition) is 0. The molecule has 0 bridgehead atoms. The first-order valence-corrected chi connectivity index (χ1v) is 14.7. The molecule has 0 spiro atoms. The van der Waals surface area contributed by atoms with Crippen molar-refractivity contribution in [1.82, 2.24) is 24.8 Å². The average molecular weight is 557 g/mol. The molecule has 0 N–H and O–H groups in total. The van der Waals surface area contributed by atoms with Crippen LogP contribution in [-0.4, -0.2) is 120 Å². The highest BCUT2D eigenvalue weighted by molar-refractivity contribution is 6.10. The monoisotopic (exact) mass is 556 g/mol. The van der Waals surface area contributed by atoms with Crippen LogP contribution in [0.15, 0.2) is 0 Å². The number of anilines is 3. The maximum Gasteiger partial charge on any atom is 0.412 e. The van der Waals surface area contributed by atoms with E-state index in [1.165, 1.54) is 0 Å². The normalized spacial score (nSPS) is 26.6. The van der Waals surface area contributed by atoms with E-state index in [-0.39, 0.29) is 24.5 Å². The summed E-state index contributed by atoms with van der Waals surface area (Å²) in [6.45, 7) is 9.51. The molecule has 5 aliphatic heterocycles. The van der Waals surface area contributed by atoms with Gasteiger partial charge in [-0.15, -0.1) is 0 Å². The minimum Gasteiger partial charge on any atom is -0.422 e. The summed E-state index contributed by atoms with van der Waals surface area (Å²) in [7, 11) is 0. The fourth-order valence-corrected chi connectivity index (χ4v) is 6.48. The van der Waals surface area contributed by atoms with Crippen LogP contribution in [0.4, 0.5) is 22.6 Å². The Hall–Kier alpha value is -3.22. The Morgan fingerprint density at radius 3 is 1.85 bits per heavy atom. The third kappa shape index (κ3) is 5.04. The molecular formula is C27H40N8O5. The summed E-state index contributed by atoms with van der Waals surface area (Å²) in [6.07, 6.45) is 4.88. The number of ether oxygens (including phenoxy) is 2. The van der Waals surface area contributed by atoms with E-state index in [9.17, 15) is 14.4 Å². The van der Waals surface area contributed by atoms with Gasteiger partial charge in [0.1, 0.15) is 11.5 Å². The molecule has 2 unspecified atom stereocenters. The number of hydrogen-bond acceptors (Lipinski definition) is 11. The Bertz CT molecular complexity index is 1090. The van der Waals surface area contributed by atoms with Gasteiger partial charge in [0.25, 0.3) is 0 Å². The average Bonchev–Trinajstić information content (AvgIpc) is 3.77. The number of piperidine rings is 1. The van der Waals surface area contributed by atoms with Crippen molar-refractivity contribution in [2.24, 2.45) is 5.41 Å². The van der Waals surface area contributed by atoms with Crippen LogP contribution in [0.5, 0.6) is 0 Å². The Morgan fingerprint density at radius 1 is 0.775 bits per heavy atom. The molecule has 0 aliphatic carbocycles. The van der Waals surface area contributed by atoms with E-state index in [0.29, 0.717) is 45.1 Å². The standard InChI is InChI=1S/C27H40N8O5/c1-27(2)21(36)20(19-8-7-13-35(19)22(27)37)39-18-40-26(38)34-16-14-33(15-17-34)25-29-23(31-9-3-4-10-31)28-24(30-25)32-11-5-6-12-32/h19-20H,3-18H2,1-2H3. The number of aromatic nitrogens is 3. The van der Waals surface area contributed by atoms with Crippen molar-refractivity contribution in [3.63, 3.8) is 0 Å². The number of fused-ring (bicyclic) bond motifs is 1. The number of nitrogens with zero attached hydrogens (tertiary/aromatic N) is 8. The van der Waals surface area contributed by atoms with Gasteiger partial charge >= 0.3 is 6.09 Å². The van der Waals surface area contributed by atoms with Gasteiger partial charge in [0.15, 0.2) is 12.6 Å². The molecule has 2 amide bonds. The Morgan fingerprint density at radius 2 is 1.30 bits per heavy atom. The summed E-state index contributed by atoms with van der Waals surface area (Å²) in [5.74, 6) is 1.75. The summed E-state index contributed by atoms with van der Waals surface area (Å²) < 4.78 is 11.2. The quantitative estimate of drug-likeness (QED) is 0.372.